The molecule has 0 fully saturated rings. The Morgan fingerprint density at radius 2 is 2.00 bits per heavy atom. The van der Waals surface area contributed by atoms with Crippen LogP contribution in [0.3, 0.4) is 0 Å². The normalized spacial score (nSPS) is 11.6. The zero-order valence-corrected chi connectivity index (χ0v) is 7.79. The van der Waals surface area contributed by atoms with Gasteiger partial charge in [0, 0.05) is 10.7 Å². The van der Waals surface area contributed by atoms with Crippen molar-refractivity contribution in [2.45, 2.75) is 27.2 Å². The molecule has 0 atom stereocenters. The smallest absolute Gasteiger partial charge is 0.135 e. The first-order valence-corrected chi connectivity index (χ1v) is 4.20. The maximum absolute atomic E-state index is 10.8. The molecule has 0 N–H and O–H groups in total. The van der Waals surface area contributed by atoms with Gasteiger partial charge in [-0.15, -0.1) is 0 Å². The first-order valence-electron chi connectivity index (χ1n) is 3.07. The van der Waals surface area contributed by atoms with Gasteiger partial charge >= 0.3 is 0 Å². The van der Waals surface area contributed by atoms with E-state index in [4.69, 9.17) is 0 Å². The van der Waals surface area contributed by atoms with E-state index in [-0.39, 0.29) is 11.2 Å². The fraction of sp³-hybridized carbons (Fsp3) is 0.857. The van der Waals surface area contributed by atoms with E-state index in [1.165, 1.54) is 0 Å². The van der Waals surface area contributed by atoms with Gasteiger partial charge in [0.15, 0.2) is 0 Å². The Hall–Kier alpha value is 0.150. The monoisotopic (exact) mass is 192 g/mol. The quantitative estimate of drug-likeness (QED) is 0.629. The second-order valence-corrected chi connectivity index (χ2v) is 3.67. The molecule has 0 aliphatic heterocycles. The molecule has 0 aliphatic carbocycles. The van der Waals surface area contributed by atoms with Crippen LogP contribution in [0.4, 0.5) is 0 Å². The minimum absolute atomic E-state index is 0.135. The summed E-state index contributed by atoms with van der Waals surface area (Å²) < 4.78 is 0. The molecule has 0 aliphatic rings. The van der Waals surface area contributed by atoms with Crippen LogP contribution < -0.4 is 0 Å². The predicted octanol–water partition coefficient (Wildman–Crippen LogP) is 2.39. The van der Waals surface area contributed by atoms with Gasteiger partial charge in [0.05, 0.1) is 0 Å². The lowest BCUT2D eigenvalue weighted by Gasteiger charge is -2.18. The summed E-state index contributed by atoms with van der Waals surface area (Å²) in [5.41, 5.74) is -0.135. The molecule has 0 heterocycles. The molecule has 0 radical (unpaired) electrons. The van der Waals surface area contributed by atoms with Crippen LogP contribution in [0.1, 0.15) is 27.2 Å². The largest absolute Gasteiger partial charge is 0.299 e. The third-order valence-electron chi connectivity index (χ3n) is 1.67. The third kappa shape index (κ3) is 2.99. The summed E-state index contributed by atoms with van der Waals surface area (Å²) in [7, 11) is 0. The second kappa shape index (κ2) is 3.35. The molecule has 0 aromatic carbocycles. The Bertz CT molecular complexity index is 107. The SMILES string of the molecule is CC(=O)C(C)(C)CCBr. The van der Waals surface area contributed by atoms with Crippen molar-refractivity contribution < 1.29 is 4.79 Å². The molecular formula is C7H13BrO. The number of rotatable bonds is 3. The van der Waals surface area contributed by atoms with Crippen molar-refractivity contribution in [1.82, 2.24) is 0 Å². The Morgan fingerprint density at radius 3 is 2.11 bits per heavy atom. The van der Waals surface area contributed by atoms with Gasteiger partial charge in [-0.05, 0) is 13.3 Å². The van der Waals surface area contributed by atoms with Crippen LogP contribution in [-0.2, 0) is 4.79 Å². The highest BCUT2D eigenvalue weighted by Crippen LogP contribution is 2.21. The molecule has 2 heteroatoms. The standard InChI is InChI=1S/C7H13BrO/c1-6(9)7(2,3)4-5-8/h4-5H2,1-3H3. The summed E-state index contributed by atoms with van der Waals surface area (Å²) in [6.45, 7) is 5.58. The van der Waals surface area contributed by atoms with Gasteiger partial charge in [0.1, 0.15) is 5.78 Å². The molecule has 0 bridgehead atoms. The Balaban J connectivity index is 3.85. The van der Waals surface area contributed by atoms with E-state index >= 15 is 0 Å². The average molecular weight is 193 g/mol. The van der Waals surface area contributed by atoms with Crippen molar-refractivity contribution in [3.8, 4) is 0 Å². The molecule has 1 nitrogen and oxygen atoms in total. The zero-order valence-electron chi connectivity index (χ0n) is 6.20. The van der Waals surface area contributed by atoms with Gasteiger partial charge in [-0.2, -0.15) is 0 Å². The van der Waals surface area contributed by atoms with E-state index in [2.05, 4.69) is 15.9 Å². The van der Waals surface area contributed by atoms with E-state index in [9.17, 15) is 4.79 Å². The van der Waals surface area contributed by atoms with E-state index in [1.807, 2.05) is 13.8 Å². The van der Waals surface area contributed by atoms with Crippen LogP contribution >= 0.6 is 15.9 Å². The van der Waals surface area contributed by atoms with E-state index in [0.29, 0.717) is 0 Å². The second-order valence-electron chi connectivity index (χ2n) is 2.88. The molecule has 0 spiro atoms. The number of halogens is 1. The first kappa shape index (κ1) is 9.15. The maximum atomic E-state index is 10.8. The van der Waals surface area contributed by atoms with Crippen molar-refractivity contribution in [3.05, 3.63) is 0 Å². The Kier molecular flexibility index (Phi) is 3.41. The lowest BCUT2D eigenvalue weighted by Crippen LogP contribution is -2.21. The maximum Gasteiger partial charge on any atom is 0.135 e. The van der Waals surface area contributed by atoms with Crippen LogP contribution in [0.15, 0.2) is 0 Å². The number of carbonyl (C=O) groups is 1. The molecule has 0 aromatic rings. The van der Waals surface area contributed by atoms with Gasteiger partial charge in [0.2, 0.25) is 0 Å². The Labute approximate surface area is 65.0 Å². The van der Waals surface area contributed by atoms with Gasteiger partial charge in [0.25, 0.3) is 0 Å². The average Bonchev–Trinajstić information content (AvgIpc) is 1.65. The summed E-state index contributed by atoms with van der Waals surface area (Å²) in [6, 6.07) is 0. The highest BCUT2D eigenvalue weighted by molar-refractivity contribution is 9.09. The number of Topliss-reactive ketones (excluding diaryl/α,β-unsaturated/α-hetero) is 1. The first-order chi connectivity index (χ1) is 4.00. The van der Waals surface area contributed by atoms with Gasteiger partial charge in [-0.25, -0.2) is 0 Å². The summed E-state index contributed by atoms with van der Waals surface area (Å²) in [5.74, 6) is 0.266. The number of hydrogen-bond acceptors (Lipinski definition) is 1. The molecule has 0 unspecified atom stereocenters. The summed E-state index contributed by atoms with van der Waals surface area (Å²) in [4.78, 5) is 10.8. The fourth-order valence-corrected chi connectivity index (χ4v) is 1.40. The van der Waals surface area contributed by atoms with Crippen LogP contribution in [0.5, 0.6) is 0 Å². The number of ketones is 1. The Morgan fingerprint density at radius 1 is 1.56 bits per heavy atom. The predicted molar refractivity (Wildman–Crippen MR) is 42.9 cm³/mol. The molecule has 0 saturated heterocycles. The lowest BCUT2D eigenvalue weighted by atomic mass is 9.86. The van der Waals surface area contributed by atoms with Crippen LogP contribution in [0.25, 0.3) is 0 Å². The van der Waals surface area contributed by atoms with Crippen molar-refractivity contribution in [2.75, 3.05) is 5.33 Å². The van der Waals surface area contributed by atoms with E-state index in [1.54, 1.807) is 6.92 Å². The zero-order chi connectivity index (χ0) is 7.49. The van der Waals surface area contributed by atoms with Crippen molar-refractivity contribution in [3.63, 3.8) is 0 Å². The molecular weight excluding hydrogens is 180 g/mol. The molecule has 0 saturated carbocycles. The highest BCUT2D eigenvalue weighted by Gasteiger charge is 2.21. The van der Waals surface area contributed by atoms with Gasteiger partial charge in [-0.3, -0.25) is 4.79 Å². The molecule has 0 amide bonds. The molecule has 0 aromatic heterocycles. The van der Waals surface area contributed by atoms with Gasteiger partial charge in [-0.1, -0.05) is 29.8 Å². The van der Waals surface area contributed by atoms with Crippen molar-refractivity contribution in [2.24, 2.45) is 5.41 Å². The summed E-state index contributed by atoms with van der Waals surface area (Å²) >= 11 is 3.30. The van der Waals surface area contributed by atoms with Crippen molar-refractivity contribution >= 4 is 21.7 Å². The highest BCUT2D eigenvalue weighted by atomic mass is 79.9. The van der Waals surface area contributed by atoms with Crippen LogP contribution in [-0.4, -0.2) is 11.1 Å². The van der Waals surface area contributed by atoms with Crippen LogP contribution in [0, 0.1) is 5.41 Å². The number of carbonyl (C=O) groups excluding carboxylic acids is 1. The van der Waals surface area contributed by atoms with Crippen molar-refractivity contribution in [1.29, 1.82) is 0 Å². The topological polar surface area (TPSA) is 17.1 Å². The minimum atomic E-state index is -0.135. The molecule has 54 valence electrons. The van der Waals surface area contributed by atoms with Gasteiger partial charge < -0.3 is 0 Å². The summed E-state index contributed by atoms with van der Waals surface area (Å²) in [5, 5.41) is 0.902. The fourth-order valence-electron chi connectivity index (χ4n) is 0.412. The lowest BCUT2D eigenvalue weighted by molar-refractivity contribution is -0.124. The van der Waals surface area contributed by atoms with E-state index < -0.39 is 0 Å². The summed E-state index contributed by atoms with van der Waals surface area (Å²) in [6.07, 6.45) is 0.919. The van der Waals surface area contributed by atoms with Crippen LogP contribution in [0.2, 0.25) is 0 Å². The molecule has 9 heavy (non-hydrogen) atoms. The minimum Gasteiger partial charge on any atom is -0.299 e. The third-order valence-corrected chi connectivity index (χ3v) is 2.07. The number of alkyl halides is 1. The van der Waals surface area contributed by atoms with E-state index in [0.717, 1.165) is 11.8 Å². The molecule has 0 rings (SSSR count). The number of hydrogen-bond donors (Lipinski definition) is 0.